The summed E-state index contributed by atoms with van der Waals surface area (Å²) in [4.78, 5) is 14.3. The van der Waals surface area contributed by atoms with Crippen LogP contribution >= 0.6 is 0 Å². The molecular formula is C14H23N5O3. The Balaban J connectivity index is 2.16. The van der Waals surface area contributed by atoms with Gasteiger partial charge < -0.3 is 21.1 Å². The van der Waals surface area contributed by atoms with E-state index in [1.807, 2.05) is 6.92 Å². The standard InChI is InChI=1S/C14H23N5O3/c1-2-22-11-3-8-17-14(15)18-10-9-16-12-4-6-13(7-5-12)19(20)21/h4-7,16H,2-3,8-11H2,1H3,(H3,15,17,18). The van der Waals surface area contributed by atoms with Gasteiger partial charge >= 0.3 is 0 Å². The minimum absolute atomic E-state index is 0.0760. The summed E-state index contributed by atoms with van der Waals surface area (Å²) in [6.45, 7) is 5.23. The molecule has 0 spiro atoms. The summed E-state index contributed by atoms with van der Waals surface area (Å²) in [7, 11) is 0. The highest BCUT2D eigenvalue weighted by molar-refractivity contribution is 5.77. The van der Waals surface area contributed by atoms with Crippen LogP contribution < -0.4 is 16.4 Å². The van der Waals surface area contributed by atoms with Gasteiger partial charge in [0.05, 0.1) is 4.92 Å². The summed E-state index contributed by atoms with van der Waals surface area (Å²) in [5, 5.41) is 16.7. The van der Waals surface area contributed by atoms with Gasteiger partial charge in [-0.2, -0.15) is 0 Å². The maximum atomic E-state index is 10.5. The van der Waals surface area contributed by atoms with Crippen LogP contribution in [0.5, 0.6) is 0 Å². The molecule has 22 heavy (non-hydrogen) atoms. The van der Waals surface area contributed by atoms with E-state index in [4.69, 9.17) is 10.5 Å². The fraction of sp³-hybridized carbons (Fsp3) is 0.500. The minimum Gasteiger partial charge on any atom is -0.383 e. The number of nitro benzene ring substituents is 1. The third kappa shape index (κ3) is 7.44. The Morgan fingerprint density at radius 2 is 2.09 bits per heavy atom. The van der Waals surface area contributed by atoms with E-state index in [9.17, 15) is 10.1 Å². The molecule has 1 aromatic rings. The van der Waals surface area contributed by atoms with Crippen molar-refractivity contribution in [3.63, 3.8) is 0 Å². The van der Waals surface area contributed by atoms with Gasteiger partial charge in [0.1, 0.15) is 0 Å². The first kappa shape index (κ1) is 17.7. The van der Waals surface area contributed by atoms with Crippen LogP contribution in [0.2, 0.25) is 0 Å². The van der Waals surface area contributed by atoms with Crippen molar-refractivity contribution in [1.82, 2.24) is 5.32 Å². The number of nitro groups is 1. The van der Waals surface area contributed by atoms with Gasteiger partial charge in [-0.15, -0.1) is 0 Å². The summed E-state index contributed by atoms with van der Waals surface area (Å²) in [6, 6.07) is 6.26. The van der Waals surface area contributed by atoms with Crippen molar-refractivity contribution in [2.45, 2.75) is 13.3 Å². The quantitative estimate of drug-likeness (QED) is 0.197. The number of ether oxygens (including phenoxy) is 1. The van der Waals surface area contributed by atoms with Crippen LogP contribution in [0.4, 0.5) is 11.4 Å². The van der Waals surface area contributed by atoms with Crippen molar-refractivity contribution < 1.29 is 9.66 Å². The topological polar surface area (TPSA) is 115 Å². The van der Waals surface area contributed by atoms with E-state index >= 15 is 0 Å². The summed E-state index contributed by atoms with van der Waals surface area (Å²) in [5.74, 6) is 0.405. The zero-order valence-electron chi connectivity index (χ0n) is 12.7. The molecule has 0 aliphatic carbocycles. The number of nitrogens with one attached hydrogen (secondary N) is 2. The third-order valence-electron chi connectivity index (χ3n) is 2.77. The second-order valence-corrected chi connectivity index (χ2v) is 4.47. The van der Waals surface area contributed by atoms with E-state index in [0.717, 1.165) is 12.1 Å². The summed E-state index contributed by atoms with van der Waals surface area (Å²) >= 11 is 0. The van der Waals surface area contributed by atoms with Crippen molar-refractivity contribution in [2.75, 3.05) is 38.2 Å². The third-order valence-corrected chi connectivity index (χ3v) is 2.77. The first-order valence-corrected chi connectivity index (χ1v) is 7.23. The number of benzene rings is 1. The molecule has 0 bridgehead atoms. The van der Waals surface area contributed by atoms with Gasteiger partial charge in [-0.05, 0) is 25.5 Å². The minimum atomic E-state index is -0.423. The molecule has 122 valence electrons. The van der Waals surface area contributed by atoms with Crippen LogP contribution in [-0.2, 0) is 4.74 Å². The molecule has 0 radical (unpaired) electrons. The van der Waals surface area contributed by atoms with E-state index in [2.05, 4.69) is 15.6 Å². The van der Waals surface area contributed by atoms with E-state index in [1.54, 1.807) is 12.1 Å². The molecule has 8 nitrogen and oxygen atoms in total. The van der Waals surface area contributed by atoms with E-state index < -0.39 is 4.92 Å². The normalized spacial score (nSPS) is 11.2. The fourth-order valence-corrected chi connectivity index (χ4v) is 1.66. The molecule has 0 saturated carbocycles. The van der Waals surface area contributed by atoms with E-state index in [0.29, 0.717) is 38.8 Å². The van der Waals surface area contributed by atoms with Gasteiger partial charge in [0, 0.05) is 50.7 Å². The van der Waals surface area contributed by atoms with Gasteiger partial charge in [-0.3, -0.25) is 15.1 Å². The van der Waals surface area contributed by atoms with Crippen molar-refractivity contribution in [2.24, 2.45) is 10.7 Å². The molecule has 0 amide bonds. The van der Waals surface area contributed by atoms with Gasteiger partial charge in [-0.1, -0.05) is 0 Å². The highest BCUT2D eigenvalue weighted by Crippen LogP contribution is 2.14. The molecule has 0 atom stereocenters. The Kier molecular flexibility index (Phi) is 8.36. The van der Waals surface area contributed by atoms with Gasteiger partial charge in [0.25, 0.3) is 5.69 Å². The molecule has 0 unspecified atom stereocenters. The van der Waals surface area contributed by atoms with Crippen molar-refractivity contribution in [3.05, 3.63) is 34.4 Å². The smallest absolute Gasteiger partial charge is 0.269 e. The Hall–Kier alpha value is -2.35. The molecule has 0 saturated heterocycles. The molecule has 1 aromatic carbocycles. The average Bonchev–Trinajstić information content (AvgIpc) is 2.52. The van der Waals surface area contributed by atoms with E-state index in [-0.39, 0.29) is 5.69 Å². The summed E-state index contributed by atoms with van der Waals surface area (Å²) < 4.78 is 5.20. The van der Waals surface area contributed by atoms with Crippen molar-refractivity contribution in [1.29, 1.82) is 0 Å². The number of nitrogens with two attached hydrogens (primary N) is 1. The number of hydrogen-bond acceptors (Lipinski definition) is 5. The van der Waals surface area contributed by atoms with Gasteiger partial charge in [0.2, 0.25) is 0 Å². The Bertz CT molecular complexity index is 476. The van der Waals surface area contributed by atoms with Crippen LogP contribution in [0.1, 0.15) is 13.3 Å². The van der Waals surface area contributed by atoms with Crippen LogP contribution in [0, 0.1) is 10.1 Å². The molecule has 0 aromatic heterocycles. The second-order valence-electron chi connectivity index (χ2n) is 4.47. The molecular weight excluding hydrogens is 286 g/mol. The maximum Gasteiger partial charge on any atom is 0.269 e. The van der Waals surface area contributed by atoms with E-state index in [1.165, 1.54) is 12.1 Å². The molecule has 0 aliphatic rings. The van der Waals surface area contributed by atoms with Crippen LogP contribution in [-0.4, -0.2) is 43.7 Å². The molecule has 8 heteroatoms. The maximum absolute atomic E-state index is 10.5. The highest BCUT2D eigenvalue weighted by Gasteiger charge is 2.03. The number of anilines is 1. The first-order valence-electron chi connectivity index (χ1n) is 7.23. The lowest BCUT2D eigenvalue weighted by Gasteiger charge is -2.08. The first-order chi connectivity index (χ1) is 10.6. The molecule has 1 rings (SSSR count). The number of non-ortho nitro benzene ring substituents is 1. The number of rotatable bonds is 10. The van der Waals surface area contributed by atoms with Crippen molar-refractivity contribution >= 4 is 17.3 Å². The Labute approximate surface area is 129 Å². The van der Waals surface area contributed by atoms with Crippen LogP contribution in [0.3, 0.4) is 0 Å². The molecule has 4 N–H and O–H groups in total. The fourth-order valence-electron chi connectivity index (χ4n) is 1.66. The van der Waals surface area contributed by atoms with Crippen LogP contribution in [0.25, 0.3) is 0 Å². The van der Waals surface area contributed by atoms with Gasteiger partial charge in [-0.25, -0.2) is 0 Å². The predicted octanol–water partition coefficient (Wildman–Crippen LogP) is 1.34. The highest BCUT2D eigenvalue weighted by atomic mass is 16.6. The Morgan fingerprint density at radius 1 is 1.36 bits per heavy atom. The summed E-state index contributed by atoms with van der Waals surface area (Å²) in [5.41, 5.74) is 6.61. The lowest BCUT2D eigenvalue weighted by molar-refractivity contribution is -0.384. The zero-order valence-corrected chi connectivity index (χ0v) is 12.7. The van der Waals surface area contributed by atoms with Gasteiger partial charge in [0.15, 0.2) is 5.96 Å². The number of guanidine groups is 1. The Morgan fingerprint density at radius 3 is 2.73 bits per heavy atom. The second kappa shape index (κ2) is 10.4. The monoisotopic (exact) mass is 309 g/mol. The zero-order chi connectivity index (χ0) is 16.2. The lowest BCUT2D eigenvalue weighted by Crippen LogP contribution is -2.35. The number of nitrogens with zero attached hydrogens (tertiary/aromatic N) is 2. The predicted molar refractivity (Wildman–Crippen MR) is 87.2 cm³/mol. The molecule has 0 fully saturated rings. The number of aliphatic imine (C=N–C) groups is 1. The SMILES string of the molecule is CCOCCCN=C(N)NCCNc1ccc([N+](=O)[O-])cc1. The lowest BCUT2D eigenvalue weighted by atomic mass is 10.3. The molecule has 0 aliphatic heterocycles. The average molecular weight is 309 g/mol. The van der Waals surface area contributed by atoms with Crippen LogP contribution in [0.15, 0.2) is 29.3 Å². The number of hydrogen-bond donors (Lipinski definition) is 3. The van der Waals surface area contributed by atoms with Crippen molar-refractivity contribution in [3.8, 4) is 0 Å². The molecule has 0 heterocycles. The largest absolute Gasteiger partial charge is 0.383 e. The summed E-state index contributed by atoms with van der Waals surface area (Å²) in [6.07, 6.45) is 0.845.